The third kappa shape index (κ3) is 4.55. The van der Waals surface area contributed by atoms with Crippen molar-refractivity contribution in [1.29, 1.82) is 0 Å². The number of carbonyl (C=O) groups is 1. The van der Waals surface area contributed by atoms with Crippen molar-refractivity contribution < 1.29 is 4.79 Å². The van der Waals surface area contributed by atoms with Gasteiger partial charge < -0.3 is 15.1 Å². The van der Waals surface area contributed by atoms with E-state index in [0.717, 1.165) is 46.8 Å². The number of aromatic nitrogens is 1. The summed E-state index contributed by atoms with van der Waals surface area (Å²) in [6, 6.07) is 11.9. The van der Waals surface area contributed by atoms with Crippen LogP contribution in [0.1, 0.15) is 24.4 Å². The smallest absolute Gasteiger partial charge is 0.318 e. The Morgan fingerprint density at radius 2 is 1.81 bits per heavy atom. The van der Waals surface area contributed by atoms with E-state index in [4.69, 9.17) is 11.6 Å². The van der Waals surface area contributed by atoms with Gasteiger partial charge in [0.2, 0.25) is 0 Å². The van der Waals surface area contributed by atoms with Crippen LogP contribution in [0, 0.1) is 5.92 Å². The first-order valence-electron chi connectivity index (χ1n) is 9.27. The number of hydrogen-bond acceptors (Lipinski definition) is 3. The highest BCUT2D eigenvalue weighted by Gasteiger charge is 2.34. The summed E-state index contributed by atoms with van der Waals surface area (Å²) in [5.74, 6) is 1.48. The standard InChI is InChI=1S/C20H22BrClN4O/c21-16-5-8-18(23-13-16)25-9-11-26(12-10-25)20(27)24-19(14-1-2-14)15-3-6-17(22)7-4-15/h3-8,13-14,19H,1-2,9-12H2,(H,24,27)/t19-/m0/s1. The fraction of sp³-hybridized carbons (Fsp3) is 0.400. The van der Waals surface area contributed by atoms with Gasteiger partial charge in [-0.25, -0.2) is 9.78 Å². The molecule has 2 amide bonds. The monoisotopic (exact) mass is 448 g/mol. The minimum Gasteiger partial charge on any atom is -0.353 e. The quantitative estimate of drug-likeness (QED) is 0.748. The van der Waals surface area contributed by atoms with E-state index < -0.39 is 0 Å². The fourth-order valence-electron chi connectivity index (χ4n) is 3.49. The molecule has 2 aliphatic rings. The van der Waals surface area contributed by atoms with Gasteiger partial charge in [0.25, 0.3) is 0 Å². The summed E-state index contributed by atoms with van der Waals surface area (Å²) in [7, 11) is 0. The first kappa shape index (κ1) is 18.6. The number of rotatable bonds is 4. The van der Waals surface area contributed by atoms with Crippen LogP contribution in [0.2, 0.25) is 5.02 Å². The molecule has 142 valence electrons. The maximum absolute atomic E-state index is 12.8. The van der Waals surface area contributed by atoms with Crippen LogP contribution in [-0.4, -0.2) is 42.1 Å². The number of amides is 2. The predicted octanol–water partition coefficient (Wildman–Crippen LogP) is 4.48. The van der Waals surface area contributed by atoms with Gasteiger partial charge in [-0.2, -0.15) is 0 Å². The van der Waals surface area contributed by atoms with Crippen LogP contribution >= 0.6 is 27.5 Å². The predicted molar refractivity (Wildman–Crippen MR) is 111 cm³/mol. The number of hydrogen-bond donors (Lipinski definition) is 1. The molecule has 1 aromatic carbocycles. The number of halogens is 2. The van der Waals surface area contributed by atoms with Gasteiger partial charge in [-0.15, -0.1) is 0 Å². The van der Waals surface area contributed by atoms with Crippen LogP contribution in [-0.2, 0) is 0 Å². The van der Waals surface area contributed by atoms with Gasteiger partial charge in [0.15, 0.2) is 0 Å². The van der Waals surface area contributed by atoms with E-state index in [1.807, 2.05) is 41.3 Å². The van der Waals surface area contributed by atoms with Gasteiger partial charge in [0.05, 0.1) is 6.04 Å². The van der Waals surface area contributed by atoms with Crippen LogP contribution in [0.5, 0.6) is 0 Å². The lowest BCUT2D eigenvalue weighted by Crippen LogP contribution is -2.52. The average Bonchev–Trinajstić information content (AvgIpc) is 3.53. The zero-order valence-electron chi connectivity index (χ0n) is 14.9. The van der Waals surface area contributed by atoms with E-state index in [1.165, 1.54) is 0 Å². The van der Waals surface area contributed by atoms with Crippen molar-refractivity contribution in [3.8, 4) is 0 Å². The molecule has 2 aromatic rings. The summed E-state index contributed by atoms with van der Waals surface area (Å²) in [5, 5.41) is 3.97. The molecular weight excluding hydrogens is 428 g/mol. The maximum atomic E-state index is 12.8. The Balaban J connectivity index is 1.35. The number of benzene rings is 1. The van der Waals surface area contributed by atoms with Crippen LogP contribution < -0.4 is 10.2 Å². The zero-order valence-corrected chi connectivity index (χ0v) is 17.3. The summed E-state index contributed by atoms with van der Waals surface area (Å²) >= 11 is 9.42. The molecule has 0 spiro atoms. The molecule has 0 unspecified atom stereocenters. The number of nitrogens with one attached hydrogen (secondary N) is 1. The Bertz CT molecular complexity index is 787. The van der Waals surface area contributed by atoms with Gasteiger partial charge >= 0.3 is 6.03 Å². The summed E-state index contributed by atoms with van der Waals surface area (Å²) < 4.78 is 0.970. The zero-order chi connectivity index (χ0) is 18.8. The number of anilines is 1. The Morgan fingerprint density at radius 3 is 2.41 bits per heavy atom. The van der Waals surface area contributed by atoms with Crippen molar-refractivity contribution in [3.05, 3.63) is 57.7 Å². The normalized spacial score (nSPS) is 18.3. The average molecular weight is 450 g/mol. The van der Waals surface area contributed by atoms with Crippen molar-refractivity contribution in [2.75, 3.05) is 31.1 Å². The van der Waals surface area contributed by atoms with Crippen LogP contribution in [0.15, 0.2) is 47.1 Å². The summed E-state index contributed by atoms with van der Waals surface area (Å²) in [5.41, 5.74) is 1.13. The lowest BCUT2D eigenvalue weighted by Gasteiger charge is -2.36. The number of urea groups is 1. The number of nitrogens with zero attached hydrogens (tertiary/aromatic N) is 3. The lowest BCUT2D eigenvalue weighted by molar-refractivity contribution is 0.188. The molecule has 1 aromatic heterocycles. The van der Waals surface area contributed by atoms with E-state index in [0.29, 0.717) is 19.0 Å². The van der Waals surface area contributed by atoms with Crippen LogP contribution in [0.3, 0.4) is 0 Å². The summed E-state index contributed by atoms with van der Waals surface area (Å²) in [6.07, 6.45) is 4.13. The van der Waals surface area contributed by atoms with Gasteiger partial charge in [-0.1, -0.05) is 23.7 Å². The second-order valence-corrected chi connectivity index (χ2v) is 8.48. The van der Waals surface area contributed by atoms with Crippen LogP contribution in [0.25, 0.3) is 0 Å². The van der Waals surface area contributed by atoms with Gasteiger partial charge in [0, 0.05) is 41.9 Å². The second kappa shape index (κ2) is 8.07. The van der Waals surface area contributed by atoms with E-state index in [2.05, 4.69) is 31.1 Å². The molecule has 0 bridgehead atoms. The molecule has 1 saturated heterocycles. The first-order chi connectivity index (χ1) is 13.1. The van der Waals surface area contributed by atoms with E-state index in [1.54, 1.807) is 6.20 Å². The molecule has 1 saturated carbocycles. The highest BCUT2D eigenvalue weighted by atomic mass is 79.9. The molecule has 4 rings (SSSR count). The molecule has 7 heteroatoms. The van der Waals surface area contributed by atoms with Crippen molar-refractivity contribution in [2.24, 2.45) is 5.92 Å². The minimum atomic E-state index is 0.0188. The Hall–Kier alpha value is -1.79. The van der Waals surface area contributed by atoms with E-state index >= 15 is 0 Å². The van der Waals surface area contributed by atoms with Gasteiger partial charge in [-0.05, 0) is 64.5 Å². The third-order valence-electron chi connectivity index (χ3n) is 5.20. The van der Waals surface area contributed by atoms with Gasteiger partial charge in [-0.3, -0.25) is 0 Å². The molecule has 2 fully saturated rings. The second-order valence-electron chi connectivity index (χ2n) is 7.12. The fourth-order valence-corrected chi connectivity index (χ4v) is 3.85. The Morgan fingerprint density at radius 1 is 1.11 bits per heavy atom. The summed E-state index contributed by atoms with van der Waals surface area (Å²) in [4.78, 5) is 21.4. The molecule has 0 radical (unpaired) electrons. The molecule has 1 N–H and O–H groups in total. The first-order valence-corrected chi connectivity index (χ1v) is 10.4. The maximum Gasteiger partial charge on any atom is 0.318 e. The highest BCUT2D eigenvalue weighted by molar-refractivity contribution is 9.10. The van der Waals surface area contributed by atoms with Crippen LogP contribution in [0.4, 0.5) is 10.6 Å². The van der Waals surface area contributed by atoms with Crippen molar-refractivity contribution in [1.82, 2.24) is 15.2 Å². The SMILES string of the molecule is O=C(N[C@H](c1ccc(Cl)cc1)C1CC1)N1CCN(c2ccc(Br)cn2)CC1. The molecule has 1 aliphatic carbocycles. The minimum absolute atomic E-state index is 0.0188. The number of piperazine rings is 1. The summed E-state index contributed by atoms with van der Waals surface area (Å²) in [6.45, 7) is 2.97. The molecule has 1 atom stereocenters. The molecule has 1 aliphatic heterocycles. The number of carbonyl (C=O) groups excluding carboxylic acids is 1. The Labute approximate surface area is 172 Å². The third-order valence-corrected chi connectivity index (χ3v) is 5.93. The molecular formula is C20H22BrClN4O. The molecule has 27 heavy (non-hydrogen) atoms. The van der Waals surface area contributed by atoms with Crippen molar-refractivity contribution in [2.45, 2.75) is 18.9 Å². The van der Waals surface area contributed by atoms with Crippen molar-refractivity contribution >= 4 is 39.4 Å². The Kier molecular flexibility index (Phi) is 5.55. The van der Waals surface area contributed by atoms with E-state index in [9.17, 15) is 4.79 Å². The molecule has 2 heterocycles. The number of pyridine rings is 1. The van der Waals surface area contributed by atoms with Gasteiger partial charge in [0.1, 0.15) is 5.82 Å². The van der Waals surface area contributed by atoms with Crippen molar-refractivity contribution in [3.63, 3.8) is 0 Å². The highest BCUT2D eigenvalue weighted by Crippen LogP contribution is 2.41. The largest absolute Gasteiger partial charge is 0.353 e. The van der Waals surface area contributed by atoms with E-state index in [-0.39, 0.29) is 12.1 Å². The topological polar surface area (TPSA) is 48.5 Å². The molecule has 5 nitrogen and oxygen atoms in total. The lowest BCUT2D eigenvalue weighted by atomic mass is 10.0.